The number of fused-ring (bicyclic) bond motifs is 5. The molecule has 0 radical (unpaired) electrons. The summed E-state index contributed by atoms with van der Waals surface area (Å²) in [6.45, 7) is 3.60. The van der Waals surface area contributed by atoms with Crippen LogP contribution in [0.25, 0.3) is 21.8 Å². The van der Waals surface area contributed by atoms with Gasteiger partial charge in [0.25, 0.3) is 0 Å². The van der Waals surface area contributed by atoms with E-state index in [4.69, 9.17) is 4.74 Å². The fraction of sp³-hybridized carbons (Fsp3) is 0.182. The summed E-state index contributed by atoms with van der Waals surface area (Å²) >= 11 is 0. The minimum Gasteiger partial charge on any atom is -0.485 e. The standard InChI is InChI=1S/C33H22F6N2O6S/c1-3-41-26-10-8-18(29(42)22-7-5-4-6-17(22)2)12-24(26)28-27(41)11-9-23-30(43)25(16-46-31(23)28)40-47-48(44,45)21-14-19(32(34,35)36)13-20(15-21)33(37,38)39/h4-15H,3,16H2,1-2H3/b40-25+. The van der Waals surface area contributed by atoms with E-state index in [9.17, 15) is 44.3 Å². The lowest BCUT2D eigenvalue weighted by atomic mass is 9.96. The summed E-state index contributed by atoms with van der Waals surface area (Å²) in [5.41, 5.74) is -1.32. The zero-order valence-corrected chi connectivity index (χ0v) is 25.7. The van der Waals surface area contributed by atoms with Crippen molar-refractivity contribution in [1.82, 2.24) is 4.57 Å². The van der Waals surface area contributed by atoms with Gasteiger partial charge in [-0.15, -0.1) is 0 Å². The Morgan fingerprint density at radius 1 is 0.917 bits per heavy atom. The molecule has 0 unspecified atom stereocenters. The Bertz CT molecular complexity index is 2270. The largest absolute Gasteiger partial charge is 0.485 e. The highest BCUT2D eigenvalue weighted by molar-refractivity contribution is 7.86. The number of hydrogen-bond acceptors (Lipinski definition) is 7. The van der Waals surface area contributed by atoms with Crippen molar-refractivity contribution in [2.45, 2.75) is 37.6 Å². The van der Waals surface area contributed by atoms with E-state index in [1.54, 1.807) is 36.4 Å². The fourth-order valence-electron chi connectivity index (χ4n) is 5.59. The van der Waals surface area contributed by atoms with Gasteiger partial charge in [0.2, 0.25) is 5.78 Å². The third-order valence-corrected chi connectivity index (χ3v) is 8.99. The van der Waals surface area contributed by atoms with E-state index >= 15 is 0 Å². The molecule has 1 aromatic heterocycles. The van der Waals surface area contributed by atoms with Crippen LogP contribution in [-0.2, 0) is 33.3 Å². The maximum atomic E-state index is 13.5. The Balaban J connectivity index is 1.39. The third kappa shape index (κ3) is 5.67. The van der Waals surface area contributed by atoms with Crippen LogP contribution < -0.4 is 4.74 Å². The monoisotopic (exact) mass is 688 g/mol. The van der Waals surface area contributed by atoms with Crippen LogP contribution in [-0.4, -0.2) is 36.9 Å². The van der Waals surface area contributed by atoms with E-state index in [2.05, 4.69) is 9.44 Å². The van der Waals surface area contributed by atoms with E-state index in [-0.39, 0.29) is 35.3 Å². The number of halogens is 6. The summed E-state index contributed by atoms with van der Waals surface area (Å²) in [4.78, 5) is 25.4. The summed E-state index contributed by atoms with van der Waals surface area (Å²) in [5.74, 6) is -0.951. The van der Waals surface area contributed by atoms with E-state index in [1.807, 2.05) is 30.5 Å². The molecule has 2 heterocycles. The minimum atomic E-state index is -5.36. The highest BCUT2D eigenvalue weighted by Crippen LogP contribution is 2.41. The number of benzene rings is 4. The second-order valence-electron chi connectivity index (χ2n) is 10.9. The molecule has 15 heteroatoms. The molecule has 5 aromatic rings. The van der Waals surface area contributed by atoms with Crippen LogP contribution in [0, 0.1) is 6.92 Å². The second kappa shape index (κ2) is 11.5. The second-order valence-corrected chi connectivity index (χ2v) is 12.4. The number of carbonyl (C=O) groups is 2. The van der Waals surface area contributed by atoms with Gasteiger partial charge >= 0.3 is 22.5 Å². The minimum absolute atomic E-state index is 0.0302. The highest BCUT2D eigenvalue weighted by Gasteiger charge is 2.39. The normalized spacial score (nSPS) is 14.8. The van der Waals surface area contributed by atoms with Gasteiger partial charge in [-0.3, -0.25) is 13.9 Å². The predicted octanol–water partition coefficient (Wildman–Crippen LogP) is 7.73. The molecule has 48 heavy (non-hydrogen) atoms. The number of ketones is 2. The molecule has 4 aromatic carbocycles. The number of nitrogens with zero attached hydrogens (tertiary/aromatic N) is 2. The van der Waals surface area contributed by atoms with Crippen molar-refractivity contribution >= 4 is 49.2 Å². The molecule has 0 amide bonds. The molecule has 6 rings (SSSR count). The maximum Gasteiger partial charge on any atom is 0.416 e. The smallest absolute Gasteiger partial charge is 0.416 e. The first-order valence-corrected chi connectivity index (χ1v) is 15.6. The van der Waals surface area contributed by atoms with Crippen molar-refractivity contribution < 1.29 is 53.4 Å². The van der Waals surface area contributed by atoms with Crippen molar-refractivity contribution in [3.8, 4) is 5.75 Å². The SMILES string of the molecule is CCn1c2ccc(C(=O)c3ccccc3C)cc2c2c3c(ccc21)C(=O)/C(=N/OS(=O)(=O)c1cc(C(F)(F)F)cc(C(F)(F)F)c1)CO3. The number of rotatable bonds is 6. The first kappa shape index (κ1) is 32.7. The summed E-state index contributed by atoms with van der Waals surface area (Å²) in [5, 5.41) is 4.37. The van der Waals surface area contributed by atoms with Gasteiger partial charge < -0.3 is 9.30 Å². The number of carbonyl (C=O) groups excluding carboxylic acids is 2. The van der Waals surface area contributed by atoms with Crippen molar-refractivity contribution in [2.75, 3.05) is 6.61 Å². The zero-order chi connectivity index (χ0) is 34.8. The molecule has 0 spiro atoms. The fourth-order valence-corrected chi connectivity index (χ4v) is 6.41. The molecule has 248 valence electrons. The van der Waals surface area contributed by atoms with Crippen molar-refractivity contribution in [2.24, 2.45) is 5.16 Å². The van der Waals surface area contributed by atoms with Gasteiger partial charge in [-0.05, 0) is 67.9 Å². The number of aromatic nitrogens is 1. The van der Waals surface area contributed by atoms with Crippen LogP contribution in [0.2, 0.25) is 0 Å². The number of Topliss-reactive ketones (excluding diaryl/α,β-unsaturated/α-hetero) is 1. The quantitative estimate of drug-likeness (QED) is 0.103. The number of aryl methyl sites for hydroxylation is 2. The van der Waals surface area contributed by atoms with Gasteiger partial charge in [0, 0.05) is 28.6 Å². The molecule has 0 saturated carbocycles. The van der Waals surface area contributed by atoms with Crippen LogP contribution in [0.1, 0.15) is 49.9 Å². The van der Waals surface area contributed by atoms with Gasteiger partial charge in [-0.1, -0.05) is 29.4 Å². The van der Waals surface area contributed by atoms with E-state index in [1.165, 1.54) is 6.07 Å². The topological polar surface area (TPSA) is 104 Å². The Labute approximate surface area is 268 Å². The molecule has 0 atom stereocenters. The number of alkyl halides is 6. The van der Waals surface area contributed by atoms with E-state index in [0.717, 1.165) is 11.1 Å². The molecular formula is C33H22F6N2O6S. The van der Waals surface area contributed by atoms with Crippen LogP contribution in [0.5, 0.6) is 5.75 Å². The van der Waals surface area contributed by atoms with Crippen LogP contribution >= 0.6 is 0 Å². The lowest BCUT2D eigenvalue weighted by Crippen LogP contribution is -2.28. The van der Waals surface area contributed by atoms with Gasteiger partial charge in [0.15, 0.2) is 11.5 Å². The van der Waals surface area contributed by atoms with Crippen LogP contribution in [0.4, 0.5) is 26.3 Å². The van der Waals surface area contributed by atoms with Gasteiger partial charge in [-0.2, -0.15) is 34.8 Å². The average molecular weight is 689 g/mol. The third-order valence-electron chi connectivity index (χ3n) is 7.91. The molecule has 0 bridgehead atoms. The first-order chi connectivity index (χ1) is 22.5. The summed E-state index contributed by atoms with van der Waals surface area (Å²) < 4.78 is 117. The van der Waals surface area contributed by atoms with Gasteiger partial charge in [0.05, 0.1) is 27.6 Å². The number of ether oxygens (including phenoxy) is 1. The van der Waals surface area contributed by atoms with Gasteiger partial charge in [0.1, 0.15) is 17.3 Å². The summed E-state index contributed by atoms with van der Waals surface area (Å²) in [7, 11) is -5.36. The lowest BCUT2D eigenvalue weighted by Gasteiger charge is -2.19. The van der Waals surface area contributed by atoms with Crippen LogP contribution in [0.15, 0.2) is 82.8 Å². The maximum absolute atomic E-state index is 13.5. The van der Waals surface area contributed by atoms with E-state index < -0.39 is 56.6 Å². The molecule has 0 fully saturated rings. The van der Waals surface area contributed by atoms with Crippen LogP contribution in [0.3, 0.4) is 0 Å². The Hall–Kier alpha value is -5.18. The zero-order valence-electron chi connectivity index (χ0n) is 24.9. The van der Waals surface area contributed by atoms with Crippen molar-refractivity contribution in [1.29, 1.82) is 0 Å². The van der Waals surface area contributed by atoms with E-state index in [0.29, 0.717) is 34.0 Å². The summed E-state index contributed by atoms with van der Waals surface area (Å²) in [6, 6.07) is 15.0. The lowest BCUT2D eigenvalue weighted by molar-refractivity contribution is -0.143. The van der Waals surface area contributed by atoms with Crippen molar-refractivity contribution in [3.63, 3.8) is 0 Å². The Morgan fingerprint density at radius 2 is 1.56 bits per heavy atom. The van der Waals surface area contributed by atoms with Crippen molar-refractivity contribution in [3.05, 3.63) is 106 Å². The average Bonchev–Trinajstić information content (AvgIpc) is 3.36. The highest BCUT2D eigenvalue weighted by atomic mass is 32.2. The molecule has 0 saturated heterocycles. The predicted molar refractivity (Wildman–Crippen MR) is 162 cm³/mol. The molecular weight excluding hydrogens is 666 g/mol. The first-order valence-electron chi connectivity index (χ1n) is 14.2. The molecule has 0 N–H and O–H groups in total. The Kier molecular flexibility index (Phi) is 7.85. The number of oxime groups is 1. The molecule has 1 aliphatic rings. The Morgan fingerprint density at radius 3 is 2.19 bits per heavy atom. The molecule has 8 nitrogen and oxygen atoms in total. The molecule has 1 aliphatic heterocycles. The van der Waals surface area contributed by atoms with Gasteiger partial charge in [-0.25, -0.2) is 0 Å². The number of hydrogen-bond donors (Lipinski definition) is 0. The molecule has 0 aliphatic carbocycles. The summed E-state index contributed by atoms with van der Waals surface area (Å²) in [6.07, 6.45) is -10.6.